The van der Waals surface area contributed by atoms with Crippen LogP contribution in [-0.2, 0) is 10.0 Å². The van der Waals surface area contributed by atoms with Crippen LogP contribution in [0.25, 0.3) is 0 Å². The lowest BCUT2D eigenvalue weighted by Crippen LogP contribution is -2.13. The van der Waals surface area contributed by atoms with E-state index in [-0.39, 0.29) is 4.90 Å². The first-order valence-corrected chi connectivity index (χ1v) is 9.28. The smallest absolute Gasteiger partial charge is 0.261 e. The molecule has 122 valence electrons. The summed E-state index contributed by atoms with van der Waals surface area (Å²) in [6.07, 6.45) is 1.57. The monoisotopic (exact) mass is 404 g/mol. The number of nitrogens with one attached hydrogen (secondary N) is 1. The Labute approximate surface area is 148 Å². The summed E-state index contributed by atoms with van der Waals surface area (Å²) in [5.41, 5.74) is 0.377. The molecule has 0 atom stereocenters. The topological polar surface area (TPSA) is 68.3 Å². The summed E-state index contributed by atoms with van der Waals surface area (Å²) in [4.78, 5) is 4.13. The second-order valence-corrected chi connectivity index (χ2v) is 7.27. The highest BCUT2D eigenvalue weighted by Gasteiger charge is 2.16. The highest BCUT2D eigenvalue weighted by Crippen LogP contribution is 2.25. The normalized spacial score (nSPS) is 11.0. The first-order chi connectivity index (χ1) is 11.5. The van der Waals surface area contributed by atoms with Gasteiger partial charge in [-0.25, -0.2) is 13.4 Å². The van der Waals surface area contributed by atoms with Crippen molar-refractivity contribution in [1.29, 1.82) is 0 Å². The number of aromatic nitrogens is 1. The molecule has 7 heteroatoms. The third-order valence-corrected chi connectivity index (χ3v) is 5.13. The molecule has 3 rings (SSSR count). The Kier molecular flexibility index (Phi) is 4.82. The minimum atomic E-state index is -3.70. The van der Waals surface area contributed by atoms with Gasteiger partial charge in [-0.15, -0.1) is 0 Å². The standard InChI is InChI=1S/C17H13BrN2O3S/c18-17-16(7-4-12-19-17)20-24(21,22)15-10-8-14(9-11-15)23-13-5-2-1-3-6-13/h1-12,20H. The van der Waals surface area contributed by atoms with Gasteiger partial charge in [-0.3, -0.25) is 4.72 Å². The number of pyridine rings is 1. The van der Waals surface area contributed by atoms with E-state index in [0.717, 1.165) is 0 Å². The average Bonchev–Trinajstić information content (AvgIpc) is 2.58. The summed E-state index contributed by atoms with van der Waals surface area (Å²) in [5.74, 6) is 1.24. The van der Waals surface area contributed by atoms with Crippen molar-refractivity contribution in [2.45, 2.75) is 4.90 Å². The first-order valence-electron chi connectivity index (χ1n) is 7.01. The molecule has 0 fully saturated rings. The van der Waals surface area contributed by atoms with Gasteiger partial charge in [0.05, 0.1) is 10.6 Å². The lowest BCUT2D eigenvalue weighted by Gasteiger charge is -2.10. The zero-order valence-electron chi connectivity index (χ0n) is 12.4. The maximum Gasteiger partial charge on any atom is 0.261 e. The fourth-order valence-electron chi connectivity index (χ4n) is 1.98. The quantitative estimate of drug-likeness (QED) is 0.638. The van der Waals surface area contributed by atoms with Crippen LogP contribution < -0.4 is 9.46 Å². The Morgan fingerprint density at radius 1 is 0.875 bits per heavy atom. The molecule has 0 bridgehead atoms. The molecule has 0 aliphatic heterocycles. The van der Waals surface area contributed by atoms with Gasteiger partial charge in [-0.05, 0) is 64.5 Å². The number of anilines is 1. The molecule has 0 saturated carbocycles. The number of benzene rings is 2. The number of hydrogen-bond acceptors (Lipinski definition) is 4. The maximum atomic E-state index is 12.4. The van der Waals surface area contributed by atoms with Gasteiger partial charge in [0.25, 0.3) is 10.0 Å². The van der Waals surface area contributed by atoms with E-state index in [0.29, 0.717) is 21.8 Å². The average molecular weight is 405 g/mol. The molecule has 0 unspecified atom stereocenters. The van der Waals surface area contributed by atoms with Crippen LogP contribution in [-0.4, -0.2) is 13.4 Å². The van der Waals surface area contributed by atoms with E-state index >= 15 is 0 Å². The van der Waals surface area contributed by atoms with Gasteiger partial charge in [0.2, 0.25) is 0 Å². The van der Waals surface area contributed by atoms with Crippen LogP contribution in [0.4, 0.5) is 5.69 Å². The predicted molar refractivity (Wildman–Crippen MR) is 95.7 cm³/mol. The Morgan fingerprint density at radius 2 is 1.54 bits per heavy atom. The second kappa shape index (κ2) is 7.02. The maximum absolute atomic E-state index is 12.4. The summed E-state index contributed by atoms with van der Waals surface area (Å²) in [6, 6.07) is 18.8. The Morgan fingerprint density at radius 3 is 2.21 bits per heavy atom. The van der Waals surface area contributed by atoms with Gasteiger partial charge < -0.3 is 4.74 Å². The van der Waals surface area contributed by atoms with Crippen LogP contribution in [0.3, 0.4) is 0 Å². The van der Waals surface area contributed by atoms with Crippen LogP contribution in [0.5, 0.6) is 11.5 Å². The molecule has 5 nitrogen and oxygen atoms in total. The molecular formula is C17H13BrN2O3S. The number of sulfonamides is 1. The molecular weight excluding hydrogens is 392 g/mol. The molecule has 0 aliphatic carbocycles. The summed E-state index contributed by atoms with van der Waals surface area (Å²) < 4.78 is 33.4. The number of ether oxygens (including phenoxy) is 1. The molecule has 2 aromatic carbocycles. The van der Waals surface area contributed by atoms with E-state index < -0.39 is 10.0 Å². The van der Waals surface area contributed by atoms with Crippen molar-refractivity contribution in [3.05, 3.63) is 77.5 Å². The molecule has 1 N–H and O–H groups in total. The lowest BCUT2D eigenvalue weighted by molar-refractivity contribution is 0.482. The van der Waals surface area contributed by atoms with Crippen LogP contribution >= 0.6 is 15.9 Å². The fraction of sp³-hybridized carbons (Fsp3) is 0. The van der Waals surface area contributed by atoms with Crippen molar-refractivity contribution in [3.8, 4) is 11.5 Å². The molecule has 1 heterocycles. The minimum Gasteiger partial charge on any atom is -0.457 e. The molecule has 0 saturated heterocycles. The van der Waals surface area contributed by atoms with Gasteiger partial charge in [0.1, 0.15) is 16.1 Å². The number of para-hydroxylation sites is 1. The van der Waals surface area contributed by atoms with E-state index in [2.05, 4.69) is 25.6 Å². The van der Waals surface area contributed by atoms with E-state index in [1.165, 1.54) is 12.1 Å². The minimum absolute atomic E-state index is 0.138. The van der Waals surface area contributed by atoms with Gasteiger partial charge in [0.15, 0.2) is 0 Å². The number of nitrogens with zero attached hydrogens (tertiary/aromatic N) is 1. The van der Waals surface area contributed by atoms with Crippen molar-refractivity contribution < 1.29 is 13.2 Å². The van der Waals surface area contributed by atoms with Crippen molar-refractivity contribution >= 4 is 31.6 Å². The van der Waals surface area contributed by atoms with E-state index in [9.17, 15) is 8.42 Å². The molecule has 0 radical (unpaired) electrons. The van der Waals surface area contributed by atoms with Crippen LogP contribution in [0, 0.1) is 0 Å². The Bertz CT molecular complexity index is 930. The first kappa shape index (κ1) is 16.5. The van der Waals surface area contributed by atoms with Crippen molar-refractivity contribution in [1.82, 2.24) is 4.98 Å². The number of hydrogen-bond donors (Lipinski definition) is 1. The van der Waals surface area contributed by atoms with Crippen molar-refractivity contribution in [2.24, 2.45) is 0 Å². The van der Waals surface area contributed by atoms with Crippen LogP contribution in [0.1, 0.15) is 0 Å². The molecule has 3 aromatic rings. The summed E-state index contributed by atoms with van der Waals surface area (Å²) in [7, 11) is -3.70. The Hall–Kier alpha value is -2.38. The van der Waals surface area contributed by atoms with Crippen LogP contribution in [0.15, 0.2) is 82.4 Å². The zero-order valence-corrected chi connectivity index (χ0v) is 14.8. The van der Waals surface area contributed by atoms with E-state index in [1.54, 1.807) is 30.5 Å². The lowest BCUT2D eigenvalue weighted by atomic mass is 10.3. The summed E-state index contributed by atoms with van der Waals surface area (Å²) in [6.45, 7) is 0. The Balaban J connectivity index is 1.78. The number of rotatable bonds is 5. The molecule has 0 amide bonds. The SMILES string of the molecule is O=S(=O)(Nc1cccnc1Br)c1ccc(Oc2ccccc2)cc1. The highest BCUT2D eigenvalue weighted by atomic mass is 79.9. The van der Waals surface area contributed by atoms with Gasteiger partial charge in [0, 0.05) is 6.20 Å². The third kappa shape index (κ3) is 3.93. The van der Waals surface area contributed by atoms with Crippen LogP contribution in [0.2, 0.25) is 0 Å². The second-order valence-electron chi connectivity index (χ2n) is 4.83. The molecule has 1 aromatic heterocycles. The van der Waals surface area contributed by atoms with E-state index in [1.807, 2.05) is 30.3 Å². The molecule has 0 aliphatic rings. The molecule has 0 spiro atoms. The third-order valence-electron chi connectivity index (χ3n) is 3.12. The summed E-state index contributed by atoms with van der Waals surface area (Å²) in [5, 5.41) is 0. The predicted octanol–water partition coefficient (Wildman–Crippen LogP) is 4.44. The zero-order chi connectivity index (χ0) is 17.0. The van der Waals surface area contributed by atoms with Crippen molar-refractivity contribution in [2.75, 3.05) is 4.72 Å². The summed E-state index contributed by atoms with van der Waals surface area (Å²) >= 11 is 3.21. The van der Waals surface area contributed by atoms with Crippen molar-refractivity contribution in [3.63, 3.8) is 0 Å². The van der Waals surface area contributed by atoms with Gasteiger partial charge in [-0.2, -0.15) is 0 Å². The molecule has 24 heavy (non-hydrogen) atoms. The van der Waals surface area contributed by atoms with Gasteiger partial charge >= 0.3 is 0 Å². The highest BCUT2D eigenvalue weighted by molar-refractivity contribution is 9.10. The van der Waals surface area contributed by atoms with E-state index in [4.69, 9.17) is 4.74 Å². The largest absolute Gasteiger partial charge is 0.457 e. The van der Waals surface area contributed by atoms with Gasteiger partial charge in [-0.1, -0.05) is 18.2 Å². The fourth-order valence-corrected chi connectivity index (χ4v) is 3.52. The number of halogens is 1.